The van der Waals surface area contributed by atoms with Gasteiger partial charge in [-0.15, -0.1) is 0 Å². The van der Waals surface area contributed by atoms with Crippen LogP contribution in [0.3, 0.4) is 0 Å². The molecule has 74 valence electrons. The van der Waals surface area contributed by atoms with E-state index in [0.717, 1.165) is 11.1 Å². The van der Waals surface area contributed by atoms with Crippen LogP contribution >= 0.6 is 0 Å². The molecule has 1 aromatic rings. The summed E-state index contributed by atoms with van der Waals surface area (Å²) in [6.07, 6.45) is 0. The molecule has 1 aliphatic heterocycles. The SMILES string of the molecule is CC1(C)OCc2cc([N+](=O)[O-])ccc21. The second kappa shape index (κ2) is 2.78. The Kier molecular flexibility index (Phi) is 1.82. The first-order chi connectivity index (χ1) is 6.50. The molecule has 0 unspecified atom stereocenters. The zero-order chi connectivity index (χ0) is 10.3. The lowest BCUT2D eigenvalue weighted by atomic mass is 9.96. The van der Waals surface area contributed by atoms with Crippen molar-refractivity contribution in [2.45, 2.75) is 26.1 Å². The van der Waals surface area contributed by atoms with Crippen LogP contribution in [0.25, 0.3) is 0 Å². The van der Waals surface area contributed by atoms with Gasteiger partial charge < -0.3 is 4.74 Å². The summed E-state index contributed by atoms with van der Waals surface area (Å²) in [5, 5.41) is 10.5. The number of nitrogens with zero attached hydrogens (tertiary/aromatic N) is 1. The van der Waals surface area contributed by atoms with Crippen LogP contribution in [-0.4, -0.2) is 4.92 Å². The third kappa shape index (κ3) is 1.28. The molecule has 2 rings (SSSR count). The van der Waals surface area contributed by atoms with Crippen LogP contribution in [-0.2, 0) is 16.9 Å². The molecule has 0 aliphatic carbocycles. The maximum atomic E-state index is 10.5. The van der Waals surface area contributed by atoms with Crippen molar-refractivity contribution in [2.75, 3.05) is 0 Å². The molecule has 1 heterocycles. The summed E-state index contributed by atoms with van der Waals surface area (Å²) in [7, 11) is 0. The van der Waals surface area contributed by atoms with Crippen LogP contribution < -0.4 is 0 Å². The highest BCUT2D eigenvalue weighted by Gasteiger charge is 2.31. The molecular weight excluding hydrogens is 182 g/mol. The number of fused-ring (bicyclic) bond motifs is 1. The first-order valence-electron chi connectivity index (χ1n) is 4.42. The molecule has 1 aliphatic rings. The molecule has 0 aromatic heterocycles. The van der Waals surface area contributed by atoms with Crippen molar-refractivity contribution in [1.82, 2.24) is 0 Å². The number of rotatable bonds is 1. The predicted molar refractivity (Wildman–Crippen MR) is 50.9 cm³/mol. The zero-order valence-corrected chi connectivity index (χ0v) is 8.11. The number of hydrogen-bond acceptors (Lipinski definition) is 3. The Morgan fingerprint density at radius 1 is 1.50 bits per heavy atom. The van der Waals surface area contributed by atoms with E-state index in [1.807, 2.05) is 13.8 Å². The van der Waals surface area contributed by atoms with Gasteiger partial charge in [0.05, 0.1) is 17.1 Å². The van der Waals surface area contributed by atoms with Gasteiger partial charge in [0.25, 0.3) is 5.69 Å². The Bertz CT molecular complexity index is 398. The van der Waals surface area contributed by atoms with Crippen LogP contribution in [0.1, 0.15) is 25.0 Å². The molecule has 0 N–H and O–H groups in total. The molecule has 0 bridgehead atoms. The third-order valence-electron chi connectivity index (χ3n) is 2.54. The number of nitro groups is 1. The van der Waals surface area contributed by atoms with E-state index >= 15 is 0 Å². The molecular formula is C10H11NO3. The van der Waals surface area contributed by atoms with Gasteiger partial charge in [0, 0.05) is 12.1 Å². The largest absolute Gasteiger partial charge is 0.366 e. The predicted octanol–water partition coefficient (Wildman–Crippen LogP) is 2.36. The van der Waals surface area contributed by atoms with E-state index in [1.165, 1.54) is 6.07 Å². The number of ether oxygens (including phenoxy) is 1. The minimum Gasteiger partial charge on any atom is -0.366 e. The average molecular weight is 193 g/mol. The lowest BCUT2D eigenvalue weighted by Gasteiger charge is -2.17. The molecule has 0 saturated heterocycles. The summed E-state index contributed by atoms with van der Waals surface area (Å²) in [5.41, 5.74) is 1.78. The standard InChI is InChI=1S/C10H11NO3/c1-10(2)9-4-3-8(11(12)13)5-7(9)6-14-10/h3-5H,6H2,1-2H3. The maximum absolute atomic E-state index is 10.5. The number of nitro benzene ring substituents is 1. The number of non-ortho nitro benzene ring substituents is 1. The van der Waals surface area contributed by atoms with Gasteiger partial charge in [0.2, 0.25) is 0 Å². The van der Waals surface area contributed by atoms with Crippen LogP contribution in [0, 0.1) is 10.1 Å². The lowest BCUT2D eigenvalue weighted by Crippen LogP contribution is -2.14. The Balaban J connectivity index is 2.49. The average Bonchev–Trinajstić information content (AvgIpc) is 2.42. The van der Waals surface area contributed by atoms with E-state index in [4.69, 9.17) is 4.74 Å². The van der Waals surface area contributed by atoms with E-state index in [1.54, 1.807) is 12.1 Å². The van der Waals surface area contributed by atoms with E-state index in [0.29, 0.717) is 6.61 Å². The summed E-state index contributed by atoms with van der Waals surface area (Å²) in [6.45, 7) is 4.39. The van der Waals surface area contributed by atoms with Crippen molar-refractivity contribution in [1.29, 1.82) is 0 Å². The van der Waals surface area contributed by atoms with Gasteiger partial charge >= 0.3 is 0 Å². The first kappa shape index (κ1) is 9.15. The highest BCUT2D eigenvalue weighted by Crippen LogP contribution is 2.37. The van der Waals surface area contributed by atoms with Gasteiger partial charge in [-0.25, -0.2) is 0 Å². The Labute approximate surface area is 81.7 Å². The van der Waals surface area contributed by atoms with Crippen molar-refractivity contribution in [3.63, 3.8) is 0 Å². The highest BCUT2D eigenvalue weighted by atomic mass is 16.6. The zero-order valence-electron chi connectivity index (χ0n) is 8.11. The van der Waals surface area contributed by atoms with E-state index < -0.39 is 0 Å². The van der Waals surface area contributed by atoms with Gasteiger partial charge in [0.15, 0.2) is 0 Å². The smallest absolute Gasteiger partial charge is 0.269 e. The number of hydrogen-bond donors (Lipinski definition) is 0. The molecule has 4 nitrogen and oxygen atoms in total. The number of benzene rings is 1. The third-order valence-corrected chi connectivity index (χ3v) is 2.54. The molecule has 0 saturated carbocycles. The van der Waals surface area contributed by atoms with E-state index in [9.17, 15) is 10.1 Å². The van der Waals surface area contributed by atoms with Crippen molar-refractivity contribution in [2.24, 2.45) is 0 Å². The van der Waals surface area contributed by atoms with Crippen molar-refractivity contribution >= 4 is 5.69 Å². The van der Waals surface area contributed by atoms with Crippen molar-refractivity contribution < 1.29 is 9.66 Å². The molecule has 0 radical (unpaired) electrons. The molecule has 1 aromatic carbocycles. The summed E-state index contributed by atoms with van der Waals surface area (Å²) in [4.78, 5) is 10.1. The van der Waals surface area contributed by atoms with Gasteiger partial charge in [-0.3, -0.25) is 10.1 Å². The molecule has 0 atom stereocenters. The Hall–Kier alpha value is -1.42. The minimum absolute atomic E-state index is 0.130. The summed E-state index contributed by atoms with van der Waals surface area (Å²) >= 11 is 0. The fourth-order valence-electron chi connectivity index (χ4n) is 1.74. The van der Waals surface area contributed by atoms with Crippen LogP contribution in [0.4, 0.5) is 5.69 Å². The molecule has 4 heteroatoms. The summed E-state index contributed by atoms with van der Waals surface area (Å²) < 4.78 is 5.52. The Morgan fingerprint density at radius 2 is 2.21 bits per heavy atom. The molecule has 14 heavy (non-hydrogen) atoms. The minimum atomic E-state index is -0.383. The summed E-state index contributed by atoms with van der Waals surface area (Å²) in [5.74, 6) is 0. The van der Waals surface area contributed by atoms with Crippen LogP contribution in [0.5, 0.6) is 0 Å². The normalized spacial score (nSPS) is 17.9. The maximum Gasteiger partial charge on any atom is 0.269 e. The van der Waals surface area contributed by atoms with E-state index in [2.05, 4.69) is 0 Å². The van der Waals surface area contributed by atoms with Gasteiger partial charge in [-0.05, 0) is 31.0 Å². The van der Waals surface area contributed by atoms with Gasteiger partial charge in [-0.1, -0.05) is 0 Å². The fourth-order valence-corrected chi connectivity index (χ4v) is 1.74. The lowest BCUT2D eigenvalue weighted by molar-refractivity contribution is -0.384. The second-order valence-corrected chi connectivity index (χ2v) is 3.90. The monoisotopic (exact) mass is 193 g/mol. The molecule has 0 spiro atoms. The summed E-state index contributed by atoms with van der Waals surface area (Å²) in [6, 6.07) is 4.89. The van der Waals surface area contributed by atoms with Gasteiger partial charge in [-0.2, -0.15) is 0 Å². The first-order valence-corrected chi connectivity index (χ1v) is 4.42. The molecule has 0 amide bonds. The fraction of sp³-hybridized carbons (Fsp3) is 0.400. The van der Waals surface area contributed by atoms with Crippen LogP contribution in [0.2, 0.25) is 0 Å². The topological polar surface area (TPSA) is 52.4 Å². The second-order valence-electron chi connectivity index (χ2n) is 3.90. The van der Waals surface area contributed by atoms with Crippen molar-refractivity contribution in [3.05, 3.63) is 39.4 Å². The molecule has 0 fully saturated rings. The Morgan fingerprint density at radius 3 is 2.86 bits per heavy atom. The van der Waals surface area contributed by atoms with Crippen molar-refractivity contribution in [3.8, 4) is 0 Å². The van der Waals surface area contributed by atoms with Gasteiger partial charge in [0.1, 0.15) is 0 Å². The quantitative estimate of drug-likeness (QED) is 0.508. The highest BCUT2D eigenvalue weighted by molar-refractivity contribution is 5.43. The van der Waals surface area contributed by atoms with E-state index in [-0.39, 0.29) is 16.2 Å². The van der Waals surface area contributed by atoms with Crippen LogP contribution in [0.15, 0.2) is 18.2 Å².